The number of amides is 3. The first-order chi connectivity index (χ1) is 21.5. The second kappa shape index (κ2) is 13.6. The number of hydrogen-bond donors (Lipinski definition) is 1. The molecule has 45 heavy (non-hydrogen) atoms. The van der Waals surface area contributed by atoms with Crippen molar-refractivity contribution in [2.24, 2.45) is 10.9 Å². The number of rotatable bonds is 10. The molecule has 0 saturated carbocycles. The first kappa shape index (κ1) is 31.8. The standard InChI is InChI=1S/C35H37N5O4S/c1-23(2)30-34(44)39(28(25-13-9-6-10-14-25)20-40(30)33(43)26-15-17-36-18-16-26)21-29(41)38-27(19-24-11-7-5-8-12-24)31(42)32-37-22-35(3,4)45-32/h5-18,20,23,27,30H,19,21-22H2,1-4H3,(H,38,41)/t27-,30+/m0/s1. The highest BCUT2D eigenvalue weighted by molar-refractivity contribution is 8.17. The molecule has 2 aliphatic rings. The number of aromatic nitrogens is 1. The third-order valence-corrected chi connectivity index (χ3v) is 8.86. The van der Waals surface area contributed by atoms with E-state index in [2.05, 4.69) is 15.3 Å². The lowest BCUT2D eigenvalue weighted by molar-refractivity contribution is -0.138. The highest BCUT2D eigenvalue weighted by atomic mass is 32.2. The number of pyridine rings is 1. The lowest BCUT2D eigenvalue weighted by Gasteiger charge is -2.41. The zero-order valence-electron chi connectivity index (χ0n) is 25.8. The van der Waals surface area contributed by atoms with E-state index in [1.165, 1.54) is 34.0 Å². The van der Waals surface area contributed by atoms with Gasteiger partial charge >= 0.3 is 0 Å². The van der Waals surface area contributed by atoms with E-state index in [4.69, 9.17) is 0 Å². The number of nitrogens with one attached hydrogen (secondary N) is 1. The summed E-state index contributed by atoms with van der Waals surface area (Å²) in [6, 6.07) is 20.2. The zero-order valence-corrected chi connectivity index (χ0v) is 26.7. The average Bonchev–Trinajstić information content (AvgIpc) is 3.41. The molecule has 5 rings (SSSR count). The number of carbonyl (C=O) groups is 4. The summed E-state index contributed by atoms with van der Waals surface area (Å²) >= 11 is 1.41. The van der Waals surface area contributed by atoms with Crippen LogP contribution in [0.5, 0.6) is 0 Å². The zero-order chi connectivity index (χ0) is 32.1. The molecule has 1 N–H and O–H groups in total. The summed E-state index contributed by atoms with van der Waals surface area (Å²) in [5.41, 5.74) is 2.38. The maximum absolute atomic E-state index is 14.2. The SMILES string of the molecule is CC(C)[C@@H]1C(=O)N(CC(=O)N[C@@H](Cc2ccccc2)C(=O)C2=NCC(C)(C)S2)C(c2ccccc2)=CN1C(=O)c1ccncc1. The summed E-state index contributed by atoms with van der Waals surface area (Å²) < 4.78 is -0.201. The molecule has 0 aliphatic carbocycles. The number of aliphatic imine (C=N–C) groups is 1. The van der Waals surface area contributed by atoms with Crippen molar-refractivity contribution in [2.45, 2.75) is 50.9 Å². The molecule has 0 radical (unpaired) electrons. The minimum Gasteiger partial charge on any atom is -0.344 e. The van der Waals surface area contributed by atoms with E-state index in [1.807, 2.05) is 88.4 Å². The number of carbonyl (C=O) groups excluding carboxylic acids is 4. The van der Waals surface area contributed by atoms with E-state index < -0.39 is 18.0 Å². The van der Waals surface area contributed by atoms with E-state index in [-0.39, 0.29) is 41.2 Å². The Morgan fingerprint density at radius 2 is 1.62 bits per heavy atom. The van der Waals surface area contributed by atoms with Gasteiger partial charge in [-0.05, 0) is 43.0 Å². The van der Waals surface area contributed by atoms with Crippen LogP contribution in [0.3, 0.4) is 0 Å². The number of hydrogen-bond acceptors (Lipinski definition) is 7. The van der Waals surface area contributed by atoms with Gasteiger partial charge in [0.25, 0.3) is 11.8 Å². The van der Waals surface area contributed by atoms with Crippen molar-refractivity contribution >= 4 is 46.0 Å². The van der Waals surface area contributed by atoms with Crippen LogP contribution in [0.2, 0.25) is 0 Å². The topological polar surface area (TPSA) is 112 Å². The van der Waals surface area contributed by atoms with Crippen molar-refractivity contribution in [2.75, 3.05) is 13.1 Å². The Kier molecular flexibility index (Phi) is 9.63. The quantitative estimate of drug-likeness (QED) is 0.353. The van der Waals surface area contributed by atoms with Gasteiger partial charge in [0.1, 0.15) is 17.6 Å². The minimum atomic E-state index is -0.866. The molecule has 0 unspecified atom stereocenters. The van der Waals surface area contributed by atoms with E-state index in [1.54, 1.807) is 18.3 Å². The lowest BCUT2D eigenvalue weighted by Crippen LogP contribution is -2.57. The molecule has 1 aromatic heterocycles. The fraction of sp³-hybridized carbons (Fsp3) is 0.314. The first-order valence-electron chi connectivity index (χ1n) is 15.0. The predicted molar refractivity (Wildman–Crippen MR) is 176 cm³/mol. The highest BCUT2D eigenvalue weighted by Crippen LogP contribution is 2.33. The second-order valence-corrected chi connectivity index (χ2v) is 13.8. The number of nitrogens with zero attached hydrogens (tertiary/aromatic N) is 4. The Bertz CT molecular complexity index is 1620. The van der Waals surface area contributed by atoms with Gasteiger partial charge in [-0.1, -0.05) is 86.3 Å². The number of thioether (sulfide) groups is 1. The van der Waals surface area contributed by atoms with Crippen LogP contribution in [0.1, 0.15) is 49.2 Å². The Morgan fingerprint density at radius 3 is 2.22 bits per heavy atom. The maximum Gasteiger partial charge on any atom is 0.258 e. The van der Waals surface area contributed by atoms with Gasteiger partial charge in [0.2, 0.25) is 11.7 Å². The molecule has 2 aromatic carbocycles. The van der Waals surface area contributed by atoms with Gasteiger partial charge in [-0.2, -0.15) is 0 Å². The summed E-state index contributed by atoms with van der Waals surface area (Å²) in [5.74, 6) is -1.71. The molecule has 0 fully saturated rings. The number of ketones is 1. The van der Waals surface area contributed by atoms with Gasteiger partial charge in [-0.3, -0.25) is 34.1 Å². The van der Waals surface area contributed by atoms with Crippen molar-refractivity contribution in [1.82, 2.24) is 20.1 Å². The van der Waals surface area contributed by atoms with Crippen LogP contribution in [0.25, 0.3) is 5.70 Å². The van der Waals surface area contributed by atoms with Crippen molar-refractivity contribution in [3.05, 3.63) is 108 Å². The van der Waals surface area contributed by atoms with E-state index in [9.17, 15) is 19.2 Å². The van der Waals surface area contributed by atoms with Crippen molar-refractivity contribution < 1.29 is 19.2 Å². The lowest BCUT2D eigenvalue weighted by atomic mass is 9.96. The predicted octanol–water partition coefficient (Wildman–Crippen LogP) is 4.61. The fourth-order valence-corrected chi connectivity index (χ4v) is 6.45. The summed E-state index contributed by atoms with van der Waals surface area (Å²) in [6.45, 7) is 7.97. The maximum atomic E-state index is 14.2. The molecular weight excluding hydrogens is 586 g/mol. The van der Waals surface area contributed by atoms with Crippen LogP contribution in [0.15, 0.2) is 96.4 Å². The van der Waals surface area contributed by atoms with Crippen molar-refractivity contribution in [3.8, 4) is 0 Å². The number of Topliss-reactive ketones (excluding diaryl/α,β-unsaturated/α-hetero) is 1. The van der Waals surface area contributed by atoms with Gasteiger partial charge < -0.3 is 10.2 Å². The summed E-state index contributed by atoms with van der Waals surface area (Å²) in [4.78, 5) is 66.8. The Balaban J connectivity index is 1.46. The summed E-state index contributed by atoms with van der Waals surface area (Å²) in [6.07, 6.45) is 5.00. The fourth-order valence-electron chi connectivity index (χ4n) is 5.42. The number of benzene rings is 2. The average molecular weight is 624 g/mol. The second-order valence-electron chi connectivity index (χ2n) is 12.1. The van der Waals surface area contributed by atoms with Gasteiger partial charge in [0, 0.05) is 35.3 Å². The van der Waals surface area contributed by atoms with Crippen LogP contribution in [-0.4, -0.2) is 73.3 Å². The molecule has 0 bridgehead atoms. The Morgan fingerprint density at radius 1 is 0.978 bits per heavy atom. The minimum absolute atomic E-state index is 0.201. The van der Waals surface area contributed by atoms with Crippen molar-refractivity contribution in [1.29, 1.82) is 0 Å². The molecule has 0 saturated heterocycles. The van der Waals surface area contributed by atoms with Crippen molar-refractivity contribution in [3.63, 3.8) is 0 Å². The van der Waals surface area contributed by atoms with Gasteiger partial charge in [-0.15, -0.1) is 0 Å². The molecule has 232 valence electrons. The van der Waals surface area contributed by atoms with Gasteiger partial charge in [0.05, 0.1) is 18.3 Å². The van der Waals surface area contributed by atoms with E-state index in [0.29, 0.717) is 28.4 Å². The van der Waals surface area contributed by atoms with Gasteiger partial charge in [0.15, 0.2) is 0 Å². The smallest absolute Gasteiger partial charge is 0.258 e. The molecule has 2 aliphatic heterocycles. The molecule has 3 heterocycles. The normalized spacial score (nSPS) is 18.3. The Hall–Kier alpha value is -4.57. The van der Waals surface area contributed by atoms with Crippen LogP contribution < -0.4 is 5.32 Å². The molecule has 3 aromatic rings. The monoisotopic (exact) mass is 623 g/mol. The summed E-state index contributed by atoms with van der Waals surface area (Å²) in [7, 11) is 0. The summed E-state index contributed by atoms with van der Waals surface area (Å²) in [5, 5.41) is 3.32. The molecule has 3 amide bonds. The van der Waals surface area contributed by atoms with Crippen LogP contribution in [0.4, 0.5) is 0 Å². The van der Waals surface area contributed by atoms with Crippen LogP contribution in [0, 0.1) is 5.92 Å². The molecule has 9 nitrogen and oxygen atoms in total. The van der Waals surface area contributed by atoms with Crippen LogP contribution in [-0.2, 0) is 20.8 Å². The Labute approximate surface area is 267 Å². The molecule has 2 atom stereocenters. The van der Waals surface area contributed by atoms with Gasteiger partial charge in [-0.25, -0.2) is 0 Å². The third-order valence-electron chi connectivity index (χ3n) is 7.66. The first-order valence-corrected chi connectivity index (χ1v) is 15.8. The third kappa shape index (κ3) is 7.39. The van der Waals surface area contributed by atoms with E-state index in [0.717, 1.165) is 5.56 Å². The molecular formula is C35H37N5O4S. The van der Waals surface area contributed by atoms with Crippen LogP contribution >= 0.6 is 11.8 Å². The van der Waals surface area contributed by atoms with E-state index >= 15 is 0 Å². The largest absolute Gasteiger partial charge is 0.344 e. The molecule has 0 spiro atoms. The highest BCUT2D eigenvalue weighted by Gasteiger charge is 2.42. The molecule has 10 heteroatoms.